The van der Waals surface area contributed by atoms with Crippen LogP contribution in [0.1, 0.15) is 0 Å². The van der Waals surface area contributed by atoms with Crippen LogP contribution >= 0.6 is 23.4 Å². The van der Waals surface area contributed by atoms with Gasteiger partial charge in [0.05, 0.1) is 5.75 Å². The van der Waals surface area contributed by atoms with E-state index in [1.165, 1.54) is 11.8 Å². The van der Waals surface area contributed by atoms with Gasteiger partial charge in [-0.1, -0.05) is 35.5 Å². The molecule has 0 aliphatic rings. The molecule has 2 aromatic heterocycles. The van der Waals surface area contributed by atoms with Gasteiger partial charge in [0.25, 0.3) is 0 Å². The molecule has 8 heteroatoms. The molecule has 0 spiro atoms. The number of carbonyl (C=O) groups excluding carboxylic acids is 1. The minimum Gasteiger partial charge on any atom is -0.325 e. The molecule has 1 N–H and O–H groups in total. The van der Waals surface area contributed by atoms with E-state index in [9.17, 15) is 4.79 Å². The molecule has 1 amide bonds. The number of hydrogen-bond donors (Lipinski definition) is 1. The summed E-state index contributed by atoms with van der Waals surface area (Å²) in [6, 6.07) is 10.8. The summed E-state index contributed by atoms with van der Waals surface area (Å²) in [6.45, 7) is 4.33. The average Bonchev–Trinajstić information content (AvgIpc) is 3.04. The fraction of sp³-hybridized carbons (Fsp3) is 0.111. The highest BCUT2D eigenvalue weighted by Crippen LogP contribution is 2.24. The molecule has 0 radical (unpaired) electrons. The second kappa shape index (κ2) is 8.64. The molecule has 0 fully saturated rings. The molecule has 132 valence electrons. The Bertz CT molecular complexity index is 913. The molecule has 26 heavy (non-hydrogen) atoms. The fourth-order valence-electron chi connectivity index (χ4n) is 2.30. The van der Waals surface area contributed by atoms with Crippen molar-refractivity contribution in [2.45, 2.75) is 11.7 Å². The third-order valence-corrected chi connectivity index (χ3v) is 4.61. The second-order valence-corrected chi connectivity index (χ2v) is 6.67. The van der Waals surface area contributed by atoms with Gasteiger partial charge >= 0.3 is 0 Å². The number of rotatable bonds is 7. The van der Waals surface area contributed by atoms with Crippen LogP contribution in [0.4, 0.5) is 5.69 Å². The number of nitrogens with one attached hydrogen (secondary N) is 1. The summed E-state index contributed by atoms with van der Waals surface area (Å²) in [5.74, 6) is 0.777. The lowest BCUT2D eigenvalue weighted by Gasteiger charge is -2.08. The first-order valence-electron chi connectivity index (χ1n) is 7.80. The molecule has 0 aliphatic carbocycles. The molecule has 0 bridgehead atoms. The van der Waals surface area contributed by atoms with E-state index in [2.05, 4.69) is 27.1 Å². The number of pyridine rings is 1. The van der Waals surface area contributed by atoms with Crippen LogP contribution in [0.25, 0.3) is 11.4 Å². The van der Waals surface area contributed by atoms with Crippen molar-refractivity contribution in [2.75, 3.05) is 11.1 Å². The predicted octanol–water partition coefficient (Wildman–Crippen LogP) is 3.91. The van der Waals surface area contributed by atoms with E-state index in [1.807, 2.05) is 16.7 Å². The van der Waals surface area contributed by atoms with Gasteiger partial charge in [0.15, 0.2) is 11.0 Å². The first-order valence-corrected chi connectivity index (χ1v) is 9.16. The SMILES string of the molecule is C=CCn1c(SCC(=O)Nc2cccc(Cl)c2)nnc1-c1ccncc1. The molecule has 0 saturated carbocycles. The Morgan fingerprint density at radius 2 is 2.08 bits per heavy atom. The monoisotopic (exact) mass is 385 g/mol. The highest BCUT2D eigenvalue weighted by molar-refractivity contribution is 7.99. The number of amides is 1. The molecule has 0 unspecified atom stereocenters. The van der Waals surface area contributed by atoms with Crippen LogP contribution in [0.15, 0.2) is 66.6 Å². The van der Waals surface area contributed by atoms with Crippen LogP contribution in [0.2, 0.25) is 5.02 Å². The molecule has 0 aliphatic heterocycles. The van der Waals surface area contributed by atoms with Gasteiger partial charge in [-0.3, -0.25) is 14.3 Å². The van der Waals surface area contributed by atoms with Gasteiger partial charge in [0, 0.05) is 35.2 Å². The molecule has 0 saturated heterocycles. The largest absolute Gasteiger partial charge is 0.325 e. The number of aromatic nitrogens is 4. The first kappa shape index (κ1) is 18.2. The number of anilines is 1. The molecule has 3 aromatic rings. The Balaban J connectivity index is 1.70. The maximum absolute atomic E-state index is 12.2. The van der Waals surface area contributed by atoms with E-state index in [-0.39, 0.29) is 11.7 Å². The lowest BCUT2D eigenvalue weighted by Crippen LogP contribution is -2.14. The van der Waals surface area contributed by atoms with E-state index >= 15 is 0 Å². The lowest BCUT2D eigenvalue weighted by atomic mass is 10.2. The number of halogens is 1. The van der Waals surface area contributed by atoms with Crippen LogP contribution in [-0.4, -0.2) is 31.4 Å². The molecular weight excluding hydrogens is 370 g/mol. The van der Waals surface area contributed by atoms with Gasteiger partial charge in [-0.05, 0) is 30.3 Å². The second-order valence-electron chi connectivity index (χ2n) is 5.29. The Morgan fingerprint density at radius 3 is 2.81 bits per heavy atom. The topological polar surface area (TPSA) is 72.7 Å². The van der Waals surface area contributed by atoms with Gasteiger partial charge in [-0.15, -0.1) is 16.8 Å². The van der Waals surface area contributed by atoms with Crippen molar-refractivity contribution in [3.8, 4) is 11.4 Å². The summed E-state index contributed by atoms with van der Waals surface area (Å²) < 4.78 is 1.92. The number of allylic oxidation sites excluding steroid dienone is 1. The molecule has 3 rings (SSSR count). The van der Waals surface area contributed by atoms with Crippen molar-refractivity contribution in [1.82, 2.24) is 19.7 Å². The number of hydrogen-bond acceptors (Lipinski definition) is 5. The standard InChI is InChI=1S/C18H16ClN5OS/c1-2-10-24-17(13-6-8-20-9-7-13)22-23-18(24)26-12-16(25)21-15-5-3-4-14(19)11-15/h2-9,11H,1,10,12H2,(H,21,25). The Labute approximate surface area is 160 Å². The molecular formula is C18H16ClN5OS. The summed E-state index contributed by atoms with van der Waals surface area (Å²) in [5, 5.41) is 12.5. The van der Waals surface area contributed by atoms with Gasteiger partial charge in [-0.2, -0.15) is 0 Å². The van der Waals surface area contributed by atoms with E-state index in [4.69, 9.17) is 11.6 Å². The van der Waals surface area contributed by atoms with Crippen LogP contribution in [0, 0.1) is 0 Å². The van der Waals surface area contributed by atoms with E-state index in [0.717, 1.165) is 5.56 Å². The zero-order valence-corrected chi connectivity index (χ0v) is 15.4. The highest BCUT2D eigenvalue weighted by atomic mass is 35.5. The predicted molar refractivity (Wildman–Crippen MR) is 104 cm³/mol. The van der Waals surface area contributed by atoms with Crippen molar-refractivity contribution in [2.24, 2.45) is 0 Å². The van der Waals surface area contributed by atoms with Crippen LogP contribution in [-0.2, 0) is 11.3 Å². The van der Waals surface area contributed by atoms with Crippen LogP contribution in [0.5, 0.6) is 0 Å². The minimum atomic E-state index is -0.143. The quantitative estimate of drug-likeness (QED) is 0.493. The lowest BCUT2D eigenvalue weighted by molar-refractivity contribution is -0.113. The molecule has 6 nitrogen and oxygen atoms in total. The average molecular weight is 386 g/mol. The van der Waals surface area contributed by atoms with E-state index < -0.39 is 0 Å². The van der Waals surface area contributed by atoms with Crippen LogP contribution in [0.3, 0.4) is 0 Å². The third-order valence-electron chi connectivity index (χ3n) is 3.41. The smallest absolute Gasteiger partial charge is 0.234 e. The normalized spacial score (nSPS) is 10.5. The number of benzene rings is 1. The zero-order chi connectivity index (χ0) is 18.4. The maximum Gasteiger partial charge on any atom is 0.234 e. The minimum absolute atomic E-state index is 0.143. The van der Waals surface area contributed by atoms with Crippen molar-refractivity contribution < 1.29 is 4.79 Å². The summed E-state index contributed by atoms with van der Waals surface area (Å²) >= 11 is 7.24. The zero-order valence-electron chi connectivity index (χ0n) is 13.8. The van der Waals surface area contributed by atoms with Gasteiger partial charge in [-0.25, -0.2) is 0 Å². The number of thioether (sulfide) groups is 1. The van der Waals surface area contributed by atoms with Gasteiger partial charge < -0.3 is 5.32 Å². The van der Waals surface area contributed by atoms with E-state index in [1.54, 1.807) is 42.7 Å². The highest BCUT2D eigenvalue weighted by Gasteiger charge is 2.15. The molecule has 2 heterocycles. The third kappa shape index (κ3) is 4.50. The van der Waals surface area contributed by atoms with Crippen molar-refractivity contribution in [3.63, 3.8) is 0 Å². The van der Waals surface area contributed by atoms with Crippen LogP contribution < -0.4 is 5.32 Å². The number of nitrogens with zero attached hydrogens (tertiary/aromatic N) is 4. The van der Waals surface area contributed by atoms with Crippen molar-refractivity contribution >= 4 is 35.0 Å². The van der Waals surface area contributed by atoms with Crippen molar-refractivity contribution in [1.29, 1.82) is 0 Å². The first-order chi connectivity index (χ1) is 12.7. The summed E-state index contributed by atoms with van der Waals surface area (Å²) in [4.78, 5) is 16.2. The van der Waals surface area contributed by atoms with E-state index in [0.29, 0.717) is 28.2 Å². The Hall–Kier alpha value is -2.64. The van der Waals surface area contributed by atoms with Crippen molar-refractivity contribution in [3.05, 3.63) is 66.5 Å². The molecule has 0 atom stereocenters. The van der Waals surface area contributed by atoms with Gasteiger partial charge in [0.2, 0.25) is 5.91 Å². The number of carbonyl (C=O) groups is 1. The summed E-state index contributed by atoms with van der Waals surface area (Å²) in [5.41, 5.74) is 1.57. The summed E-state index contributed by atoms with van der Waals surface area (Å²) in [6.07, 6.45) is 5.17. The van der Waals surface area contributed by atoms with Gasteiger partial charge in [0.1, 0.15) is 0 Å². The maximum atomic E-state index is 12.2. The molecule has 1 aromatic carbocycles. The summed E-state index contributed by atoms with van der Waals surface area (Å²) in [7, 11) is 0. The Morgan fingerprint density at radius 1 is 1.27 bits per heavy atom. The fourth-order valence-corrected chi connectivity index (χ4v) is 3.24. The Kier molecular flexibility index (Phi) is 6.04.